The molecule has 0 aliphatic heterocycles. The number of halogens is 1. The largest absolute Gasteiger partial charge is 0.383 e. The maximum atomic E-state index is 5.01. The van der Waals surface area contributed by atoms with Crippen LogP contribution in [0, 0.1) is 0 Å². The van der Waals surface area contributed by atoms with Gasteiger partial charge in [0, 0.05) is 27.2 Å². The molecule has 2 aromatic rings. The number of aliphatic imine (C=N–C) groups is 1. The fraction of sp³-hybridized carbons (Fsp3) is 0.400. The first-order valence-electron chi connectivity index (χ1n) is 7.15. The third-order valence-corrected chi connectivity index (χ3v) is 3.08. The van der Waals surface area contributed by atoms with E-state index in [0.717, 1.165) is 12.5 Å². The maximum Gasteiger partial charge on any atom is 0.191 e. The molecule has 0 unspecified atom stereocenters. The summed E-state index contributed by atoms with van der Waals surface area (Å²) in [5.41, 5.74) is 2.37. The topological polar surface area (TPSA) is 76.4 Å². The lowest BCUT2D eigenvalue weighted by Gasteiger charge is -2.12. The molecule has 1 heterocycles. The van der Waals surface area contributed by atoms with Crippen molar-refractivity contribution in [1.82, 2.24) is 25.4 Å². The zero-order valence-corrected chi connectivity index (χ0v) is 15.7. The lowest BCUT2D eigenvalue weighted by Crippen LogP contribution is -2.38. The number of benzene rings is 1. The molecule has 7 nitrogen and oxygen atoms in total. The summed E-state index contributed by atoms with van der Waals surface area (Å²) in [6, 6.07) is 8.36. The number of methoxy groups -OCH3 is 1. The Hall–Kier alpha value is -1.68. The minimum atomic E-state index is 0. The number of ether oxygens (including phenoxy) is 1. The van der Waals surface area contributed by atoms with E-state index in [2.05, 4.69) is 43.9 Å². The summed E-state index contributed by atoms with van der Waals surface area (Å²) >= 11 is 0. The van der Waals surface area contributed by atoms with Gasteiger partial charge >= 0.3 is 0 Å². The van der Waals surface area contributed by atoms with Gasteiger partial charge in [-0.3, -0.25) is 4.99 Å². The number of hydrogen-bond donors (Lipinski definition) is 2. The molecule has 126 valence electrons. The Kier molecular flexibility index (Phi) is 9.22. The molecule has 0 amide bonds. The standard InChI is InChI=1S/C15H22N6O.HI/c1-16-15(18-6-7-22-2)19-9-13-4-3-5-14(8-13)10-21-12-17-11-20-21;/h3-5,8,11-12H,6-7,9-10H2,1-2H3,(H2,16,18,19);1H. The van der Waals surface area contributed by atoms with Crippen LogP contribution in [0.25, 0.3) is 0 Å². The van der Waals surface area contributed by atoms with Crippen molar-refractivity contribution in [3.05, 3.63) is 48.0 Å². The van der Waals surface area contributed by atoms with Crippen molar-refractivity contribution in [3.8, 4) is 0 Å². The van der Waals surface area contributed by atoms with Crippen LogP contribution in [0.4, 0.5) is 0 Å². The van der Waals surface area contributed by atoms with E-state index in [9.17, 15) is 0 Å². The predicted octanol–water partition coefficient (Wildman–Crippen LogP) is 1.26. The summed E-state index contributed by atoms with van der Waals surface area (Å²) in [5.74, 6) is 0.763. The average Bonchev–Trinajstić information content (AvgIpc) is 3.04. The first kappa shape index (κ1) is 19.4. The molecular weight excluding hydrogens is 407 g/mol. The monoisotopic (exact) mass is 430 g/mol. The zero-order chi connectivity index (χ0) is 15.6. The van der Waals surface area contributed by atoms with Crippen LogP contribution in [-0.2, 0) is 17.8 Å². The number of guanidine groups is 1. The summed E-state index contributed by atoms with van der Waals surface area (Å²) in [5, 5.41) is 10.6. The first-order valence-corrected chi connectivity index (χ1v) is 7.15. The molecule has 0 aliphatic carbocycles. The van der Waals surface area contributed by atoms with E-state index in [1.54, 1.807) is 31.5 Å². The highest BCUT2D eigenvalue weighted by Crippen LogP contribution is 2.06. The van der Waals surface area contributed by atoms with E-state index in [0.29, 0.717) is 19.7 Å². The molecule has 0 saturated carbocycles. The first-order chi connectivity index (χ1) is 10.8. The van der Waals surface area contributed by atoms with Gasteiger partial charge in [-0.2, -0.15) is 5.10 Å². The van der Waals surface area contributed by atoms with Gasteiger partial charge in [0.1, 0.15) is 12.7 Å². The van der Waals surface area contributed by atoms with E-state index in [1.807, 2.05) is 6.07 Å². The van der Waals surface area contributed by atoms with Crippen molar-refractivity contribution in [2.45, 2.75) is 13.1 Å². The van der Waals surface area contributed by atoms with Gasteiger partial charge < -0.3 is 15.4 Å². The fourth-order valence-corrected chi connectivity index (χ4v) is 2.02. The van der Waals surface area contributed by atoms with Gasteiger partial charge in [-0.05, 0) is 11.1 Å². The minimum absolute atomic E-state index is 0. The van der Waals surface area contributed by atoms with Crippen molar-refractivity contribution in [2.24, 2.45) is 4.99 Å². The van der Waals surface area contributed by atoms with Crippen LogP contribution in [0.15, 0.2) is 41.9 Å². The molecule has 0 aliphatic rings. The normalized spacial score (nSPS) is 11.0. The van der Waals surface area contributed by atoms with Gasteiger partial charge in [0.05, 0.1) is 13.2 Å². The summed E-state index contributed by atoms with van der Waals surface area (Å²) in [6.45, 7) is 2.79. The minimum Gasteiger partial charge on any atom is -0.383 e. The van der Waals surface area contributed by atoms with E-state index in [-0.39, 0.29) is 24.0 Å². The van der Waals surface area contributed by atoms with Crippen LogP contribution < -0.4 is 10.6 Å². The van der Waals surface area contributed by atoms with Crippen molar-refractivity contribution < 1.29 is 4.74 Å². The molecule has 1 aromatic carbocycles. The summed E-state index contributed by atoms with van der Waals surface area (Å²) < 4.78 is 6.81. The Morgan fingerprint density at radius 1 is 1.30 bits per heavy atom. The van der Waals surface area contributed by atoms with Gasteiger partial charge in [-0.1, -0.05) is 24.3 Å². The maximum absolute atomic E-state index is 5.01. The molecule has 0 saturated heterocycles. The summed E-state index contributed by atoms with van der Waals surface area (Å²) in [4.78, 5) is 8.13. The molecule has 1 aromatic heterocycles. The fourth-order valence-electron chi connectivity index (χ4n) is 2.02. The molecule has 0 fully saturated rings. The Labute approximate surface area is 153 Å². The van der Waals surface area contributed by atoms with Gasteiger partial charge in [-0.15, -0.1) is 24.0 Å². The highest BCUT2D eigenvalue weighted by molar-refractivity contribution is 14.0. The van der Waals surface area contributed by atoms with Crippen LogP contribution in [-0.4, -0.2) is 48.0 Å². The second-order valence-electron chi connectivity index (χ2n) is 4.76. The molecule has 0 bridgehead atoms. The number of nitrogens with zero attached hydrogens (tertiary/aromatic N) is 4. The Bertz CT molecular complexity index is 587. The van der Waals surface area contributed by atoms with E-state index >= 15 is 0 Å². The van der Waals surface area contributed by atoms with Crippen LogP contribution in [0.3, 0.4) is 0 Å². The average molecular weight is 430 g/mol. The highest BCUT2D eigenvalue weighted by Gasteiger charge is 2.00. The quantitative estimate of drug-likeness (QED) is 0.300. The molecule has 0 radical (unpaired) electrons. The highest BCUT2D eigenvalue weighted by atomic mass is 127. The van der Waals surface area contributed by atoms with E-state index in [4.69, 9.17) is 4.74 Å². The summed E-state index contributed by atoms with van der Waals surface area (Å²) in [6.07, 6.45) is 3.26. The van der Waals surface area contributed by atoms with Gasteiger partial charge in [0.2, 0.25) is 0 Å². The third-order valence-electron chi connectivity index (χ3n) is 3.08. The second kappa shape index (κ2) is 10.9. The Morgan fingerprint density at radius 2 is 2.13 bits per heavy atom. The second-order valence-corrected chi connectivity index (χ2v) is 4.76. The van der Waals surface area contributed by atoms with Crippen LogP contribution >= 0.6 is 24.0 Å². The van der Waals surface area contributed by atoms with Crippen LogP contribution in [0.5, 0.6) is 0 Å². The van der Waals surface area contributed by atoms with Gasteiger partial charge in [0.25, 0.3) is 0 Å². The Balaban J connectivity index is 0.00000264. The molecule has 0 atom stereocenters. The van der Waals surface area contributed by atoms with Crippen LogP contribution in [0.1, 0.15) is 11.1 Å². The molecule has 0 spiro atoms. The predicted molar refractivity (Wildman–Crippen MR) is 101 cm³/mol. The lowest BCUT2D eigenvalue weighted by molar-refractivity contribution is 0.203. The van der Waals surface area contributed by atoms with Gasteiger partial charge in [-0.25, -0.2) is 9.67 Å². The number of aromatic nitrogens is 3. The molecule has 23 heavy (non-hydrogen) atoms. The van der Waals surface area contributed by atoms with Crippen molar-refractivity contribution in [2.75, 3.05) is 27.3 Å². The van der Waals surface area contributed by atoms with Gasteiger partial charge in [0.15, 0.2) is 5.96 Å². The van der Waals surface area contributed by atoms with Crippen LogP contribution in [0.2, 0.25) is 0 Å². The van der Waals surface area contributed by atoms with E-state index < -0.39 is 0 Å². The van der Waals surface area contributed by atoms with Crippen molar-refractivity contribution in [3.63, 3.8) is 0 Å². The zero-order valence-electron chi connectivity index (χ0n) is 13.4. The number of hydrogen-bond acceptors (Lipinski definition) is 4. The third kappa shape index (κ3) is 6.95. The van der Waals surface area contributed by atoms with E-state index in [1.165, 1.54) is 11.1 Å². The SMILES string of the molecule is CN=C(NCCOC)NCc1cccc(Cn2cncn2)c1.I. The molecule has 2 rings (SSSR count). The smallest absolute Gasteiger partial charge is 0.191 e. The molecule has 8 heteroatoms. The van der Waals surface area contributed by atoms with Crippen molar-refractivity contribution >= 4 is 29.9 Å². The Morgan fingerprint density at radius 3 is 2.83 bits per heavy atom. The lowest BCUT2D eigenvalue weighted by atomic mass is 10.1. The summed E-state index contributed by atoms with van der Waals surface area (Å²) in [7, 11) is 3.43. The number of rotatable bonds is 7. The molecule has 2 N–H and O–H groups in total. The molecular formula is C15H23IN6O. The number of nitrogens with one attached hydrogen (secondary N) is 2. The van der Waals surface area contributed by atoms with Crippen molar-refractivity contribution in [1.29, 1.82) is 0 Å².